The van der Waals surface area contributed by atoms with Gasteiger partial charge < -0.3 is 4.98 Å². The zero-order valence-corrected chi connectivity index (χ0v) is 10.5. The lowest BCUT2D eigenvalue weighted by Gasteiger charge is -2.34. The highest BCUT2D eigenvalue weighted by Gasteiger charge is 2.33. The first-order chi connectivity index (χ1) is 8.90. The topological polar surface area (TPSA) is 44.8 Å². The van der Waals surface area contributed by atoms with E-state index in [2.05, 4.69) is 25.9 Å². The molecule has 2 fully saturated rings. The van der Waals surface area contributed by atoms with Crippen molar-refractivity contribution in [2.75, 3.05) is 13.1 Å². The first kappa shape index (κ1) is 10.5. The molecule has 0 amide bonds. The van der Waals surface area contributed by atoms with Crippen LogP contribution in [0.15, 0.2) is 18.3 Å². The molecule has 1 unspecified atom stereocenters. The predicted molar refractivity (Wildman–Crippen MR) is 70.5 cm³/mol. The number of hydrogen-bond acceptors (Lipinski definition) is 3. The van der Waals surface area contributed by atoms with E-state index in [1.54, 1.807) is 0 Å². The number of hydrogen-bond donors (Lipinski definition) is 1. The molecule has 4 rings (SSSR count). The first-order valence-electron chi connectivity index (χ1n) is 6.95. The molecule has 3 heterocycles. The van der Waals surface area contributed by atoms with Gasteiger partial charge in [0.1, 0.15) is 5.82 Å². The maximum atomic E-state index is 4.64. The lowest BCUT2D eigenvalue weighted by Crippen LogP contribution is -2.38. The van der Waals surface area contributed by atoms with Gasteiger partial charge in [0.15, 0.2) is 5.65 Å². The summed E-state index contributed by atoms with van der Waals surface area (Å²) in [5.41, 5.74) is 1.92. The van der Waals surface area contributed by atoms with Gasteiger partial charge in [-0.2, -0.15) is 0 Å². The third-order valence-corrected chi connectivity index (χ3v) is 4.47. The number of likely N-dealkylation sites (tertiary alicyclic amines) is 1. The smallest absolute Gasteiger partial charge is 0.177 e. The number of nitrogens with zero attached hydrogens (tertiary/aromatic N) is 3. The Labute approximate surface area is 106 Å². The summed E-state index contributed by atoms with van der Waals surface area (Å²) in [5.74, 6) is 1.70. The fourth-order valence-corrected chi connectivity index (χ4v) is 3.15. The molecule has 4 nitrogen and oxygen atoms in total. The van der Waals surface area contributed by atoms with Crippen LogP contribution in [0.25, 0.3) is 11.2 Å². The van der Waals surface area contributed by atoms with Gasteiger partial charge in [0.2, 0.25) is 0 Å². The number of aromatic nitrogens is 3. The summed E-state index contributed by atoms with van der Waals surface area (Å²) in [5, 5.41) is 0. The van der Waals surface area contributed by atoms with Gasteiger partial charge in [-0.1, -0.05) is 6.42 Å². The minimum Gasteiger partial charge on any atom is -0.340 e. The number of rotatable bonds is 2. The van der Waals surface area contributed by atoms with Gasteiger partial charge in [-0.3, -0.25) is 4.90 Å². The van der Waals surface area contributed by atoms with Gasteiger partial charge in [-0.05, 0) is 37.9 Å². The van der Waals surface area contributed by atoms with Gasteiger partial charge in [0.05, 0.1) is 5.52 Å². The number of pyridine rings is 1. The van der Waals surface area contributed by atoms with Gasteiger partial charge in [0.25, 0.3) is 0 Å². The zero-order valence-electron chi connectivity index (χ0n) is 10.5. The summed E-state index contributed by atoms with van der Waals surface area (Å²) in [7, 11) is 0. The van der Waals surface area contributed by atoms with Crippen LogP contribution >= 0.6 is 0 Å². The van der Waals surface area contributed by atoms with E-state index in [0.29, 0.717) is 5.92 Å². The van der Waals surface area contributed by atoms with Crippen LogP contribution in [-0.2, 0) is 0 Å². The van der Waals surface area contributed by atoms with Crippen LogP contribution in [0.1, 0.15) is 37.4 Å². The van der Waals surface area contributed by atoms with Gasteiger partial charge >= 0.3 is 0 Å². The molecule has 0 bridgehead atoms. The Morgan fingerprint density at radius 2 is 2.22 bits per heavy atom. The SMILES string of the molecule is c1cnc2nc(C3CCN(C4CCC4)C3)[nH]c2c1. The number of H-pyrrole nitrogens is 1. The van der Waals surface area contributed by atoms with Gasteiger partial charge in [0, 0.05) is 24.7 Å². The summed E-state index contributed by atoms with van der Waals surface area (Å²) in [6.45, 7) is 2.41. The van der Waals surface area contributed by atoms with Crippen molar-refractivity contribution < 1.29 is 0 Å². The molecule has 2 aromatic rings. The Morgan fingerprint density at radius 3 is 3.00 bits per heavy atom. The molecule has 1 aliphatic heterocycles. The van der Waals surface area contributed by atoms with Crippen LogP contribution in [0, 0.1) is 0 Å². The monoisotopic (exact) mass is 242 g/mol. The Kier molecular flexibility index (Phi) is 2.36. The molecule has 1 saturated heterocycles. The molecular formula is C14H18N4. The molecule has 18 heavy (non-hydrogen) atoms. The van der Waals surface area contributed by atoms with Gasteiger partial charge in [-0.15, -0.1) is 0 Å². The highest BCUT2D eigenvalue weighted by Crippen LogP contribution is 2.33. The van der Waals surface area contributed by atoms with Crippen molar-refractivity contribution in [1.82, 2.24) is 19.9 Å². The average molecular weight is 242 g/mol. The van der Waals surface area contributed by atoms with Crippen LogP contribution in [-0.4, -0.2) is 39.0 Å². The Morgan fingerprint density at radius 1 is 1.28 bits per heavy atom. The van der Waals surface area contributed by atoms with Crippen molar-refractivity contribution in [1.29, 1.82) is 0 Å². The Bertz CT molecular complexity index is 525. The second-order valence-corrected chi connectivity index (χ2v) is 5.56. The molecule has 2 aliphatic rings. The summed E-state index contributed by atoms with van der Waals surface area (Å²) in [6.07, 6.45) is 7.25. The largest absolute Gasteiger partial charge is 0.340 e. The standard InChI is InChI=1S/C14H18N4/c1-3-11(4-1)18-8-6-10(9-18)13-16-12-5-2-7-15-14(12)17-13/h2,5,7,10-11H,1,3-4,6,8-9H2,(H,15,16,17). The first-order valence-corrected chi connectivity index (χ1v) is 6.95. The Balaban J connectivity index is 1.56. The van der Waals surface area contributed by atoms with Crippen LogP contribution in [0.5, 0.6) is 0 Å². The third-order valence-electron chi connectivity index (χ3n) is 4.47. The Hall–Kier alpha value is -1.42. The summed E-state index contributed by atoms with van der Waals surface area (Å²) in [6, 6.07) is 4.87. The summed E-state index contributed by atoms with van der Waals surface area (Å²) < 4.78 is 0. The second-order valence-electron chi connectivity index (χ2n) is 5.56. The molecule has 1 N–H and O–H groups in total. The molecule has 1 aliphatic carbocycles. The van der Waals surface area contributed by atoms with Crippen LogP contribution < -0.4 is 0 Å². The molecule has 0 spiro atoms. The highest BCUT2D eigenvalue weighted by atomic mass is 15.2. The summed E-state index contributed by atoms with van der Waals surface area (Å²) >= 11 is 0. The van der Waals surface area contributed by atoms with Crippen LogP contribution in [0.3, 0.4) is 0 Å². The fraction of sp³-hybridized carbons (Fsp3) is 0.571. The van der Waals surface area contributed by atoms with E-state index >= 15 is 0 Å². The molecule has 0 aromatic carbocycles. The van der Waals surface area contributed by atoms with Gasteiger partial charge in [-0.25, -0.2) is 9.97 Å². The van der Waals surface area contributed by atoms with Crippen molar-refractivity contribution >= 4 is 11.2 Å². The van der Waals surface area contributed by atoms with Crippen LogP contribution in [0.4, 0.5) is 0 Å². The number of imidazole rings is 1. The van der Waals surface area contributed by atoms with Crippen molar-refractivity contribution in [3.05, 3.63) is 24.2 Å². The minimum absolute atomic E-state index is 0.569. The molecule has 1 saturated carbocycles. The summed E-state index contributed by atoms with van der Waals surface area (Å²) in [4.78, 5) is 15.0. The zero-order chi connectivity index (χ0) is 11.9. The lowest BCUT2D eigenvalue weighted by atomic mass is 9.92. The second kappa shape index (κ2) is 4.05. The third kappa shape index (κ3) is 1.63. The fourth-order valence-electron chi connectivity index (χ4n) is 3.15. The van der Waals surface area contributed by atoms with E-state index in [1.165, 1.54) is 38.8 Å². The maximum absolute atomic E-state index is 4.64. The normalized spacial score (nSPS) is 25.7. The number of aromatic amines is 1. The average Bonchev–Trinajstić information content (AvgIpc) is 2.91. The predicted octanol–water partition coefficient (Wildman–Crippen LogP) is 2.30. The molecular weight excluding hydrogens is 224 g/mol. The minimum atomic E-state index is 0.569. The van der Waals surface area contributed by atoms with Crippen molar-refractivity contribution in [3.63, 3.8) is 0 Å². The molecule has 4 heteroatoms. The molecule has 94 valence electrons. The number of nitrogens with one attached hydrogen (secondary N) is 1. The van der Waals surface area contributed by atoms with Crippen LogP contribution in [0.2, 0.25) is 0 Å². The maximum Gasteiger partial charge on any atom is 0.177 e. The molecule has 1 atom stereocenters. The van der Waals surface area contributed by atoms with E-state index in [4.69, 9.17) is 0 Å². The van der Waals surface area contributed by atoms with Crippen molar-refractivity contribution in [2.45, 2.75) is 37.6 Å². The quantitative estimate of drug-likeness (QED) is 0.879. The van der Waals surface area contributed by atoms with E-state index < -0.39 is 0 Å². The van der Waals surface area contributed by atoms with Crippen molar-refractivity contribution in [3.8, 4) is 0 Å². The highest BCUT2D eigenvalue weighted by molar-refractivity contribution is 5.70. The lowest BCUT2D eigenvalue weighted by molar-refractivity contribution is 0.157. The molecule has 0 radical (unpaired) electrons. The van der Waals surface area contributed by atoms with Crippen molar-refractivity contribution in [2.24, 2.45) is 0 Å². The number of fused-ring (bicyclic) bond motifs is 1. The van der Waals surface area contributed by atoms with E-state index in [-0.39, 0.29) is 0 Å². The van der Waals surface area contributed by atoms with E-state index in [0.717, 1.165) is 23.0 Å². The van der Waals surface area contributed by atoms with E-state index in [1.807, 2.05) is 12.3 Å². The molecule has 2 aromatic heterocycles. The van der Waals surface area contributed by atoms with E-state index in [9.17, 15) is 0 Å².